The fourth-order valence-electron chi connectivity index (χ4n) is 3.46. The van der Waals surface area contributed by atoms with E-state index in [1.54, 1.807) is 0 Å². The minimum atomic E-state index is 0.501. The standard InChI is InChI=1S/C17H28N6O/c1-5-23-16(12-21(3)4)18-19-17(23)14-6-8-22(9-7-14)11-15-10-13(2)20-24-15/h10,14H,5-9,11-12H2,1-4H3. The zero-order valence-electron chi connectivity index (χ0n) is 15.2. The Labute approximate surface area is 143 Å². The smallest absolute Gasteiger partial charge is 0.150 e. The van der Waals surface area contributed by atoms with Gasteiger partial charge in [0.2, 0.25) is 0 Å². The first-order valence-corrected chi connectivity index (χ1v) is 8.78. The first kappa shape index (κ1) is 17.1. The Bertz CT molecular complexity index is 654. The van der Waals surface area contributed by atoms with Gasteiger partial charge in [-0.25, -0.2) is 0 Å². The molecule has 7 heteroatoms. The van der Waals surface area contributed by atoms with Crippen LogP contribution in [0.1, 0.15) is 48.8 Å². The van der Waals surface area contributed by atoms with Gasteiger partial charge in [0, 0.05) is 18.5 Å². The fourth-order valence-corrected chi connectivity index (χ4v) is 3.46. The summed E-state index contributed by atoms with van der Waals surface area (Å²) in [6, 6.07) is 2.02. The predicted molar refractivity (Wildman–Crippen MR) is 91.6 cm³/mol. The molecule has 2 aromatic heterocycles. The average Bonchev–Trinajstić information content (AvgIpc) is 3.13. The Hall–Kier alpha value is -1.73. The molecule has 0 unspecified atom stereocenters. The normalized spacial score (nSPS) is 17.0. The summed E-state index contributed by atoms with van der Waals surface area (Å²) >= 11 is 0. The number of piperidine rings is 1. The molecule has 0 aliphatic carbocycles. The van der Waals surface area contributed by atoms with Crippen LogP contribution in [0, 0.1) is 6.92 Å². The van der Waals surface area contributed by atoms with Crippen molar-refractivity contribution in [2.75, 3.05) is 27.2 Å². The second-order valence-electron chi connectivity index (χ2n) is 6.94. The van der Waals surface area contributed by atoms with Gasteiger partial charge in [0.25, 0.3) is 0 Å². The van der Waals surface area contributed by atoms with Crippen LogP contribution >= 0.6 is 0 Å². The molecule has 0 atom stereocenters. The van der Waals surface area contributed by atoms with Crippen LogP contribution in [-0.2, 0) is 19.6 Å². The summed E-state index contributed by atoms with van der Waals surface area (Å²) < 4.78 is 7.62. The van der Waals surface area contributed by atoms with Gasteiger partial charge in [0.1, 0.15) is 11.6 Å². The highest BCUT2D eigenvalue weighted by atomic mass is 16.5. The lowest BCUT2D eigenvalue weighted by molar-refractivity contribution is 0.180. The van der Waals surface area contributed by atoms with E-state index in [0.29, 0.717) is 5.92 Å². The molecule has 3 rings (SSSR count). The van der Waals surface area contributed by atoms with E-state index in [1.807, 2.05) is 13.0 Å². The molecule has 132 valence electrons. The molecule has 24 heavy (non-hydrogen) atoms. The summed E-state index contributed by atoms with van der Waals surface area (Å²) in [5.41, 5.74) is 0.948. The third kappa shape index (κ3) is 3.84. The molecule has 0 saturated carbocycles. The van der Waals surface area contributed by atoms with E-state index >= 15 is 0 Å². The molecule has 3 heterocycles. The van der Waals surface area contributed by atoms with Gasteiger partial charge in [-0.3, -0.25) is 4.90 Å². The van der Waals surface area contributed by atoms with Crippen LogP contribution in [0.15, 0.2) is 10.6 Å². The van der Waals surface area contributed by atoms with Crippen molar-refractivity contribution in [1.29, 1.82) is 0 Å². The van der Waals surface area contributed by atoms with E-state index in [4.69, 9.17) is 4.52 Å². The van der Waals surface area contributed by atoms with Crippen molar-refractivity contribution >= 4 is 0 Å². The van der Waals surface area contributed by atoms with Crippen LogP contribution < -0.4 is 0 Å². The van der Waals surface area contributed by atoms with Crippen molar-refractivity contribution in [3.8, 4) is 0 Å². The van der Waals surface area contributed by atoms with Crippen molar-refractivity contribution in [1.82, 2.24) is 29.7 Å². The fraction of sp³-hybridized carbons (Fsp3) is 0.706. The largest absolute Gasteiger partial charge is 0.360 e. The average molecular weight is 332 g/mol. The minimum absolute atomic E-state index is 0.501. The molecular formula is C17H28N6O. The maximum Gasteiger partial charge on any atom is 0.150 e. The van der Waals surface area contributed by atoms with Gasteiger partial charge in [-0.05, 0) is 53.9 Å². The van der Waals surface area contributed by atoms with E-state index in [1.165, 1.54) is 0 Å². The van der Waals surface area contributed by atoms with E-state index in [9.17, 15) is 0 Å². The Morgan fingerprint density at radius 2 is 2.00 bits per heavy atom. The van der Waals surface area contributed by atoms with E-state index in [2.05, 4.69) is 50.7 Å². The molecule has 0 bridgehead atoms. The van der Waals surface area contributed by atoms with Gasteiger partial charge in [-0.15, -0.1) is 10.2 Å². The zero-order valence-corrected chi connectivity index (χ0v) is 15.2. The molecule has 1 aliphatic heterocycles. The maximum atomic E-state index is 5.33. The molecule has 7 nitrogen and oxygen atoms in total. The maximum absolute atomic E-state index is 5.33. The van der Waals surface area contributed by atoms with Crippen molar-refractivity contribution < 1.29 is 4.52 Å². The Kier molecular flexibility index (Phi) is 5.30. The highest BCUT2D eigenvalue weighted by Gasteiger charge is 2.26. The molecule has 0 N–H and O–H groups in total. The second-order valence-corrected chi connectivity index (χ2v) is 6.94. The van der Waals surface area contributed by atoms with Gasteiger partial charge in [-0.2, -0.15) is 0 Å². The molecule has 0 amide bonds. The Morgan fingerprint density at radius 1 is 1.25 bits per heavy atom. The topological polar surface area (TPSA) is 63.2 Å². The number of hydrogen-bond donors (Lipinski definition) is 0. The summed E-state index contributed by atoms with van der Waals surface area (Å²) in [6.45, 7) is 8.87. The molecular weight excluding hydrogens is 304 g/mol. The van der Waals surface area contributed by atoms with Crippen LogP contribution in [0.2, 0.25) is 0 Å². The summed E-state index contributed by atoms with van der Waals surface area (Å²) in [5, 5.41) is 12.9. The molecule has 0 aromatic carbocycles. The summed E-state index contributed by atoms with van der Waals surface area (Å²) in [4.78, 5) is 4.58. The molecule has 1 aliphatic rings. The second kappa shape index (κ2) is 7.44. The van der Waals surface area contributed by atoms with Crippen LogP contribution in [-0.4, -0.2) is 56.9 Å². The van der Waals surface area contributed by atoms with E-state index < -0.39 is 0 Å². The minimum Gasteiger partial charge on any atom is -0.360 e. The molecule has 1 saturated heterocycles. The van der Waals surface area contributed by atoms with Crippen LogP contribution in [0.3, 0.4) is 0 Å². The Morgan fingerprint density at radius 3 is 2.58 bits per heavy atom. The molecule has 1 fully saturated rings. The van der Waals surface area contributed by atoms with Crippen molar-refractivity contribution in [3.05, 3.63) is 29.2 Å². The number of likely N-dealkylation sites (tertiary alicyclic amines) is 1. The lowest BCUT2D eigenvalue weighted by Gasteiger charge is -2.30. The molecule has 0 radical (unpaired) electrons. The lowest BCUT2D eigenvalue weighted by atomic mass is 9.95. The number of nitrogens with zero attached hydrogens (tertiary/aromatic N) is 6. The van der Waals surface area contributed by atoms with E-state index in [0.717, 1.165) is 68.7 Å². The van der Waals surface area contributed by atoms with Gasteiger partial charge in [0.15, 0.2) is 5.76 Å². The van der Waals surface area contributed by atoms with E-state index in [-0.39, 0.29) is 0 Å². The molecule has 2 aromatic rings. The summed E-state index contributed by atoms with van der Waals surface area (Å²) in [7, 11) is 4.14. The quantitative estimate of drug-likeness (QED) is 0.806. The van der Waals surface area contributed by atoms with Crippen molar-refractivity contribution in [2.45, 2.75) is 52.2 Å². The van der Waals surface area contributed by atoms with Gasteiger partial charge >= 0.3 is 0 Å². The van der Waals surface area contributed by atoms with Crippen LogP contribution in [0.5, 0.6) is 0 Å². The SMILES string of the molecule is CCn1c(CN(C)C)nnc1C1CCN(Cc2cc(C)no2)CC1. The highest BCUT2D eigenvalue weighted by molar-refractivity contribution is 5.06. The van der Waals surface area contributed by atoms with Gasteiger partial charge in [0.05, 0.1) is 18.8 Å². The number of aryl methyl sites for hydroxylation is 1. The summed E-state index contributed by atoms with van der Waals surface area (Å²) in [5.74, 6) is 3.68. The monoisotopic (exact) mass is 332 g/mol. The predicted octanol–water partition coefficient (Wildman–Crippen LogP) is 2.04. The van der Waals surface area contributed by atoms with Crippen LogP contribution in [0.4, 0.5) is 0 Å². The van der Waals surface area contributed by atoms with Crippen molar-refractivity contribution in [3.63, 3.8) is 0 Å². The number of aromatic nitrogens is 4. The van der Waals surface area contributed by atoms with Gasteiger partial charge < -0.3 is 14.0 Å². The number of rotatable bonds is 6. The number of hydrogen-bond acceptors (Lipinski definition) is 6. The zero-order chi connectivity index (χ0) is 17.1. The van der Waals surface area contributed by atoms with Gasteiger partial charge in [-0.1, -0.05) is 5.16 Å². The lowest BCUT2D eigenvalue weighted by Crippen LogP contribution is -2.33. The highest BCUT2D eigenvalue weighted by Crippen LogP contribution is 2.28. The Balaban J connectivity index is 1.61. The first-order valence-electron chi connectivity index (χ1n) is 8.78. The third-order valence-corrected chi connectivity index (χ3v) is 4.64. The van der Waals surface area contributed by atoms with Crippen molar-refractivity contribution in [2.24, 2.45) is 0 Å². The molecule has 0 spiro atoms. The van der Waals surface area contributed by atoms with Crippen LogP contribution in [0.25, 0.3) is 0 Å². The first-order chi connectivity index (χ1) is 11.6. The third-order valence-electron chi connectivity index (χ3n) is 4.64. The summed E-state index contributed by atoms with van der Waals surface area (Å²) in [6.07, 6.45) is 2.24.